The van der Waals surface area contributed by atoms with Crippen molar-refractivity contribution >= 4 is 19.7 Å². The summed E-state index contributed by atoms with van der Waals surface area (Å²) in [4.78, 5) is 0. The molecule has 0 aliphatic heterocycles. The Balaban J connectivity index is 2.65. The van der Waals surface area contributed by atoms with Crippen LogP contribution in [0.15, 0.2) is 5.03 Å². The predicted molar refractivity (Wildman–Crippen MR) is 52.9 cm³/mol. The van der Waals surface area contributed by atoms with Crippen LogP contribution in [0.2, 0.25) is 0 Å². The van der Waals surface area contributed by atoms with Crippen molar-refractivity contribution in [3.05, 3.63) is 11.3 Å². The molecule has 0 N–H and O–H groups in total. The number of rotatable bonds is 1. The number of aromatic nitrogens is 2. The average Bonchev–Trinajstić information content (AvgIpc) is 2.38. The molecular formula is C8H11ClN2O2S. The molecule has 0 aromatic carbocycles. The molecule has 1 aromatic heterocycles. The van der Waals surface area contributed by atoms with Crippen LogP contribution in [0.5, 0.6) is 0 Å². The third-order valence-corrected chi connectivity index (χ3v) is 3.90. The smallest absolute Gasteiger partial charge is 0.256 e. The van der Waals surface area contributed by atoms with Crippen LogP contribution in [0, 0.1) is 0 Å². The van der Waals surface area contributed by atoms with E-state index in [4.69, 9.17) is 10.7 Å². The Kier molecular flexibility index (Phi) is 2.31. The predicted octanol–water partition coefficient (Wildman–Crippen LogP) is 1.23. The Hall–Kier alpha value is -0.550. The first-order chi connectivity index (χ1) is 6.50. The first kappa shape index (κ1) is 9.98. The molecule has 0 unspecified atom stereocenters. The fraction of sp³-hybridized carbons (Fsp3) is 0.625. The van der Waals surface area contributed by atoms with E-state index in [1.165, 1.54) is 4.68 Å². The van der Waals surface area contributed by atoms with Crippen molar-refractivity contribution in [1.29, 1.82) is 0 Å². The van der Waals surface area contributed by atoms with Gasteiger partial charge in [0.15, 0.2) is 5.03 Å². The molecule has 1 aromatic rings. The lowest BCUT2D eigenvalue weighted by atomic mass is 9.99. The average molecular weight is 235 g/mol. The highest BCUT2D eigenvalue weighted by atomic mass is 35.7. The van der Waals surface area contributed by atoms with E-state index >= 15 is 0 Å². The molecule has 0 spiro atoms. The summed E-state index contributed by atoms with van der Waals surface area (Å²) in [6.07, 6.45) is 3.71. The van der Waals surface area contributed by atoms with E-state index in [0.717, 1.165) is 36.9 Å². The zero-order valence-electron chi connectivity index (χ0n) is 7.83. The molecule has 14 heavy (non-hydrogen) atoms. The molecule has 0 saturated carbocycles. The van der Waals surface area contributed by atoms with Crippen LogP contribution in [0.25, 0.3) is 0 Å². The van der Waals surface area contributed by atoms with Gasteiger partial charge in [-0.05, 0) is 25.7 Å². The van der Waals surface area contributed by atoms with Crippen molar-refractivity contribution in [2.45, 2.75) is 30.7 Å². The molecule has 4 nitrogen and oxygen atoms in total. The van der Waals surface area contributed by atoms with Crippen LogP contribution < -0.4 is 0 Å². The summed E-state index contributed by atoms with van der Waals surface area (Å²) >= 11 is 0. The van der Waals surface area contributed by atoms with E-state index in [1.807, 2.05) is 0 Å². The van der Waals surface area contributed by atoms with Gasteiger partial charge in [0.25, 0.3) is 9.05 Å². The summed E-state index contributed by atoms with van der Waals surface area (Å²) in [6.45, 7) is 0. The first-order valence-electron chi connectivity index (χ1n) is 4.49. The van der Waals surface area contributed by atoms with Crippen molar-refractivity contribution in [3.63, 3.8) is 0 Å². The zero-order valence-corrected chi connectivity index (χ0v) is 9.40. The van der Waals surface area contributed by atoms with Gasteiger partial charge < -0.3 is 0 Å². The first-order valence-corrected chi connectivity index (χ1v) is 6.80. The number of fused-ring (bicyclic) bond motifs is 1. The van der Waals surface area contributed by atoms with Gasteiger partial charge in [-0.25, -0.2) is 8.42 Å². The Morgan fingerprint density at radius 3 is 2.64 bits per heavy atom. The monoisotopic (exact) mass is 234 g/mol. The standard InChI is InChI=1S/C8H11ClN2O2S/c1-11-8(14(9,12)13)6-4-2-3-5-7(6)10-11/h2-5H2,1H3. The van der Waals surface area contributed by atoms with Gasteiger partial charge in [-0.1, -0.05) is 0 Å². The van der Waals surface area contributed by atoms with E-state index < -0.39 is 9.05 Å². The van der Waals surface area contributed by atoms with Gasteiger partial charge in [-0.2, -0.15) is 5.10 Å². The van der Waals surface area contributed by atoms with Gasteiger partial charge in [-0.3, -0.25) is 4.68 Å². The van der Waals surface area contributed by atoms with Crippen LogP contribution in [0.4, 0.5) is 0 Å². The van der Waals surface area contributed by atoms with Crippen molar-refractivity contribution in [1.82, 2.24) is 9.78 Å². The summed E-state index contributed by atoms with van der Waals surface area (Å²) in [7, 11) is 3.31. The van der Waals surface area contributed by atoms with Gasteiger partial charge in [0.1, 0.15) is 0 Å². The Morgan fingerprint density at radius 1 is 1.36 bits per heavy atom. The number of hydrogen-bond acceptors (Lipinski definition) is 3. The second kappa shape index (κ2) is 3.24. The molecule has 0 saturated heterocycles. The van der Waals surface area contributed by atoms with Crippen LogP contribution in [0.1, 0.15) is 24.1 Å². The molecule has 1 aliphatic carbocycles. The summed E-state index contributed by atoms with van der Waals surface area (Å²) in [5.41, 5.74) is 1.70. The van der Waals surface area contributed by atoms with E-state index in [0.29, 0.717) is 0 Å². The Morgan fingerprint density at radius 2 is 2.00 bits per heavy atom. The second-order valence-corrected chi connectivity index (χ2v) is 5.98. The van der Waals surface area contributed by atoms with Gasteiger partial charge >= 0.3 is 0 Å². The third kappa shape index (κ3) is 1.54. The largest absolute Gasteiger partial charge is 0.278 e. The highest BCUT2D eigenvalue weighted by molar-refractivity contribution is 8.13. The van der Waals surface area contributed by atoms with E-state index in [2.05, 4.69) is 5.10 Å². The highest BCUT2D eigenvalue weighted by Crippen LogP contribution is 2.28. The molecule has 0 amide bonds. The topological polar surface area (TPSA) is 52.0 Å². The summed E-state index contributed by atoms with van der Waals surface area (Å²) in [5.74, 6) is 0. The molecule has 1 heterocycles. The van der Waals surface area contributed by atoms with Gasteiger partial charge in [0.2, 0.25) is 0 Å². The van der Waals surface area contributed by atoms with E-state index in [-0.39, 0.29) is 5.03 Å². The van der Waals surface area contributed by atoms with Crippen LogP contribution in [-0.4, -0.2) is 18.2 Å². The third-order valence-electron chi connectivity index (χ3n) is 2.49. The maximum atomic E-state index is 11.3. The molecular weight excluding hydrogens is 224 g/mol. The van der Waals surface area contributed by atoms with Crippen LogP contribution >= 0.6 is 10.7 Å². The fourth-order valence-corrected chi connectivity index (χ4v) is 3.41. The van der Waals surface area contributed by atoms with Crippen LogP contribution in [-0.2, 0) is 28.9 Å². The maximum Gasteiger partial charge on any atom is 0.278 e. The van der Waals surface area contributed by atoms with Crippen LogP contribution in [0.3, 0.4) is 0 Å². The lowest BCUT2D eigenvalue weighted by Gasteiger charge is -2.09. The Bertz CT molecular complexity index is 464. The number of hydrogen-bond donors (Lipinski definition) is 0. The van der Waals surface area contributed by atoms with Crippen molar-refractivity contribution < 1.29 is 8.42 Å². The molecule has 0 fully saturated rings. The summed E-state index contributed by atoms with van der Waals surface area (Å²) in [6, 6.07) is 0. The number of aryl methyl sites for hydroxylation is 2. The summed E-state index contributed by atoms with van der Waals surface area (Å²) in [5, 5.41) is 4.35. The minimum absolute atomic E-state index is 0.175. The molecule has 1 aliphatic rings. The summed E-state index contributed by atoms with van der Waals surface area (Å²) < 4.78 is 24.0. The number of halogens is 1. The zero-order chi connectivity index (χ0) is 10.3. The normalized spacial score (nSPS) is 16.7. The lowest BCUT2D eigenvalue weighted by molar-refractivity contribution is 0.587. The molecule has 78 valence electrons. The van der Waals surface area contributed by atoms with Gasteiger partial charge in [-0.15, -0.1) is 0 Å². The van der Waals surface area contributed by atoms with Crippen molar-refractivity contribution in [2.75, 3.05) is 0 Å². The van der Waals surface area contributed by atoms with Gasteiger partial charge in [0.05, 0.1) is 5.69 Å². The molecule has 0 radical (unpaired) electrons. The van der Waals surface area contributed by atoms with Crippen molar-refractivity contribution in [2.24, 2.45) is 7.05 Å². The second-order valence-electron chi connectivity index (χ2n) is 3.50. The fourth-order valence-electron chi connectivity index (χ4n) is 1.96. The highest BCUT2D eigenvalue weighted by Gasteiger charge is 2.26. The molecule has 6 heteroatoms. The van der Waals surface area contributed by atoms with Crippen molar-refractivity contribution in [3.8, 4) is 0 Å². The molecule has 0 atom stereocenters. The quantitative estimate of drug-likeness (QED) is 0.687. The minimum atomic E-state index is -3.66. The van der Waals surface area contributed by atoms with Gasteiger partial charge in [0, 0.05) is 23.3 Å². The minimum Gasteiger partial charge on any atom is -0.256 e. The lowest BCUT2D eigenvalue weighted by Crippen LogP contribution is -2.05. The number of nitrogens with zero attached hydrogens (tertiary/aromatic N) is 2. The molecule has 2 rings (SSSR count). The van der Waals surface area contributed by atoms with E-state index in [9.17, 15) is 8.42 Å². The Labute approximate surface area is 87.3 Å². The SMILES string of the molecule is Cn1nc2c(c1S(=O)(=O)Cl)CCCC2. The maximum absolute atomic E-state index is 11.3. The molecule has 0 bridgehead atoms. The van der Waals surface area contributed by atoms with E-state index in [1.54, 1.807) is 7.05 Å².